The van der Waals surface area contributed by atoms with Crippen LogP contribution in [0, 0.1) is 0 Å². The molecule has 0 aromatic rings. The number of hydrogen-bond acceptors (Lipinski definition) is 1. The molecule has 0 aromatic heterocycles. The fraction of sp³-hybridized carbons (Fsp3) is 0.875. The zero-order chi connectivity index (χ0) is 7.78. The Kier molecular flexibility index (Phi) is 1.82. The topological polar surface area (TPSA) is 12.4 Å². The van der Waals surface area contributed by atoms with Gasteiger partial charge < -0.3 is 0 Å². The Morgan fingerprint density at radius 3 is 2.40 bits per heavy atom. The Morgan fingerprint density at radius 2 is 2.20 bits per heavy atom. The van der Waals surface area contributed by atoms with E-state index in [1.54, 1.807) is 0 Å². The molecule has 58 valence electrons. The van der Waals surface area contributed by atoms with Crippen LogP contribution in [-0.4, -0.2) is 37.0 Å². The lowest BCUT2D eigenvalue weighted by Gasteiger charge is -2.24. The van der Waals surface area contributed by atoms with E-state index in [2.05, 4.69) is 32.9 Å². The van der Waals surface area contributed by atoms with Gasteiger partial charge in [0.25, 0.3) is 0 Å². The van der Waals surface area contributed by atoms with Gasteiger partial charge in [0.1, 0.15) is 12.6 Å². The van der Waals surface area contributed by atoms with E-state index >= 15 is 0 Å². The zero-order valence-electron chi connectivity index (χ0n) is 7.39. The molecule has 2 nitrogen and oxygen atoms in total. The second-order valence-electron chi connectivity index (χ2n) is 3.62. The Labute approximate surface area is 63.2 Å². The zero-order valence-corrected chi connectivity index (χ0v) is 7.39. The lowest BCUT2D eigenvalue weighted by molar-refractivity contribution is -0.795. The third kappa shape index (κ3) is 1.21. The van der Waals surface area contributed by atoms with Crippen LogP contribution >= 0.6 is 0 Å². The van der Waals surface area contributed by atoms with E-state index in [9.17, 15) is 0 Å². The second-order valence-corrected chi connectivity index (χ2v) is 3.62. The molecule has 0 bridgehead atoms. The monoisotopic (exact) mass is 141 g/mol. The van der Waals surface area contributed by atoms with E-state index in [1.165, 1.54) is 12.4 Å². The van der Waals surface area contributed by atoms with Gasteiger partial charge in [0.2, 0.25) is 0 Å². The first-order valence-corrected chi connectivity index (χ1v) is 3.96. The van der Waals surface area contributed by atoms with Crippen molar-refractivity contribution in [1.29, 1.82) is 0 Å². The highest BCUT2D eigenvalue weighted by Crippen LogP contribution is 2.15. The van der Waals surface area contributed by atoms with Crippen LogP contribution in [0.3, 0.4) is 0 Å². The highest BCUT2D eigenvalue weighted by Gasteiger charge is 2.31. The summed E-state index contributed by atoms with van der Waals surface area (Å²) in [5.74, 6) is 1.34. The van der Waals surface area contributed by atoms with Gasteiger partial charge in [-0.25, -0.2) is 4.99 Å². The van der Waals surface area contributed by atoms with Crippen molar-refractivity contribution in [2.45, 2.75) is 26.3 Å². The predicted molar refractivity (Wildman–Crippen MR) is 44.2 cm³/mol. The first-order chi connectivity index (χ1) is 4.56. The van der Waals surface area contributed by atoms with E-state index < -0.39 is 0 Å². The minimum Gasteiger partial charge on any atom is -0.282 e. The van der Waals surface area contributed by atoms with Crippen molar-refractivity contribution in [3.63, 3.8) is 0 Å². The SMILES string of the molecule is CCC1=NC(C)C[N+]1(C)C. The molecule has 0 aliphatic carbocycles. The Hall–Kier alpha value is -0.370. The molecule has 10 heavy (non-hydrogen) atoms. The van der Waals surface area contributed by atoms with Crippen molar-refractivity contribution in [1.82, 2.24) is 0 Å². The molecule has 0 aromatic carbocycles. The first kappa shape index (κ1) is 7.73. The molecule has 0 amide bonds. The molecule has 0 spiro atoms. The van der Waals surface area contributed by atoms with Gasteiger partial charge in [0.05, 0.1) is 14.1 Å². The minimum absolute atomic E-state index is 0.532. The van der Waals surface area contributed by atoms with E-state index in [4.69, 9.17) is 0 Å². The summed E-state index contributed by atoms with van der Waals surface area (Å²) in [6, 6.07) is 0.532. The summed E-state index contributed by atoms with van der Waals surface area (Å²) in [4.78, 5) is 4.55. The second kappa shape index (κ2) is 2.35. The van der Waals surface area contributed by atoms with Crippen molar-refractivity contribution >= 4 is 5.84 Å². The largest absolute Gasteiger partial charge is 0.282 e. The smallest absolute Gasteiger partial charge is 0.197 e. The molecule has 0 saturated carbocycles. The lowest BCUT2D eigenvalue weighted by Crippen LogP contribution is -2.43. The van der Waals surface area contributed by atoms with Crippen LogP contribution in [0.1, 0.15) is 20.3 Å². The van der Waals surface area contributed by atoms with Crippen LogP contribution in [0.4, 0.5) is 0 Å². The lowest BCUT2D eigenvalue weighted by atomic mass is 10.3. The fourth-order valence-electron chi connectivity index (χ4n) is 1.74. The molecular weight excluding hydrogens is 124 g/mol. The summed E-state index contributed by atoms with van der Waals surface area (Å²) >= 11 is 0. The van der Waals surface area contributed by atoms with Crippen LogP contribution in [0.5, 0.6) is 0 Å². The van der Waals surface area contributed by atoms with Crippen LogP contribution in [0.2, 0.25) is 0 Å². The van der Waals surface area contributed by atoms with E-state index in [0.717, 1.165) is 10.9 Å². The summed E-state index contributed by atoms with van der Waals surface area (Å²) in [5.41, 5.74) is 0. The number of quaternary nitrogens is 1. The van der Waals surface area contributed by atoms with Gasteiger partial charge in [-0.05, 0) is 6.92 Å². The van der Waals surface area contributed by atoms with Gasteiger partial charge >= 0.3 is 0 Å². The maximum Gasteiger partial charge on any atom is 0.197 e. The molecule has 2 heteroatoms. The molecule has 0 N–H and O–H groups in total. The fourth-order valence-corrected chi connectivity index (χ4v) is 1.74. The van der Waals surface area contributed by atoms with E-state index in [-0.39, 0.29) is 0 Å². The van der Waals surface area contributed by atoms with Crippen molar-refractivity contribution in [3.8, 4) is 0 Å². The molecule has 1 unspecified atom stereocenters. The summed E-state index contributed by atoms with van der Waals surface area (Å²) in [6.07, 6.45) is 1.09. The Bertz CT molecular complexity index is 159. The summed E-state index contributed by atoms with van der Waals surface area (Å²) in [6.45, 7) is 5.53. The van der Waals surface area contributed by atoms with Crippen LogP contribution in [0.15, 0.2) is 4.99 Å². The van der Waals surface area contributed by atoms with Gasteiger partial charge in [-0.15, -0.1) is 0 Å². The quantitative estimate of drug-likeness (QED) is 0.488. The maximum atomic E-state index is 4.55. The van der Waals surface area contributed by atoms with E-state index in [0.29, 0.717) is 6.04 Å². The third-order valence-corrected chi connectivity index (χ3v) is 2.11. The summed E-state index contributed by atoms with van der Waals surface area (Å²) in [5, 5.41) is 0. The van der Waals surface area contributed by atoms with Crippen molar-refractivity contribution < 1.29 is 4.48 Å². The van der Waals surface area contributed by atoms with E-state index in [1.807, 2.05) is 0 Å². The van der Waals surface area contributed by atoms with Gasteiger partial charge in [-0.1, -0.05) is 6.92 Å². The molecule has 1 rings (SSSR count). The summed E-state index contributed by atoms with van der Waals surface area (Å²) in [7, 11) is 4.46. The number of hydrogen-bond donors (Lipinski definition) is 0. The number of nitrogens with zero attached hydrogens (tertiary/aromatic N) is 2. The highest BCUT2D eigenvalue weighted by atomic mass is 15.4. The molecular formula is C8H17N2+. The number of amidine groups is 1. The van der Waals surface area contributed by atoms with Crippen LogP contribution < -0.4 is 0 Å². The average Bonchev–Trinajstić information content (AvgIpc) is 2.04. The van der Waals surface area contributed by atoms with Gasteiger partial charge in [-0.2, -0.15) is 0 Å². The average molecular weight is 141 g/mol. The summed E-state index contributed by atoms with van der Waals surface area (Å²) < 4.78 is 0.998. The highest BCUT2D eigenvalue weighted by molar-refractivity contribution is 5.76. The van der Waals surface area contributed by atoms with Crippen molar-refractivity contribution in [2.24, 2.45) is 4.99 Å². The molecule has 1 heterocycles. The molecule has 1 aliphatic heterocycles. The Morgan fingerprint density at radius 1 is 1.60 bits per heavy atom. The minimum atomic E-state index is 0.532. The van der Waals surface area contributed by atoms with Gasteiger partial charge in [0.15, 0.2) is 5.84 Å². The maximum absolute atomic E-state index is 4.55. The first-order valence-electron chi connectivity index (χ1n) is 3.96. The third-order valence-electron chi connectivity index (χ3n) is 2.11. The predicted octanol–water partition coefficient (Wildman–Crippen LogP) is 1.27. The van der Waals surface area contributed by atoms with Crippen LogP contribution in [0.25, 0.3) is 0 Å². The molecule has 1 atom stereocenters. The normalized spacial score (nSPS) is 30.4. The number of aliphatic imine (C=N–C) groups is 1. The molecule has 0 radical (unpaired) electrons. The van der Waals surface area contributed by atoms with Crippen LogP contribution in [-0.2, 0) is 0 Å². The standard InChI is InChI=1S/C8H17N2/c1-5-8-9-7(2)6-10(8,3)4/h7H,5-6H2,1-4H3/q+1. The van der Waals surface area contributed by atoms with Gasteiger partial charge in [-0.3, -0.25) is 4.48 Å². The van der Waals surface area contributed by atoms with Gasteiger partial charge in [0, 0.05) is 6.42 Å². The Balaban J connectivity index is 2.76. The van der Waals surface area contributed by atoms with Crippen molar-refractivity contribution in [3.05, 3.63) is 0 Å². The number of likely N-dealkylation sites (N-methyl/N-ethyl adjacent to an activating group) is 1. The molecule has 1 aliphatic rings. The molecule has 0 saturated heterocycles. The molecule has 0 fully saturated rings. The van der Waals surface area contributed by atoms with Crippen molar-refractivity contribution in [2.75, 3.05) is 20.6 Å². The number of rotatable bonds is 1.